The Hall–Kier alpha value is -1.54. The summed E-state index contributed by atoms with van der Waals surface area (Å²) < 4.78 is 0. The van der Waals surface area contributed by atoms with Crippen molar-refractivity contribution in [1.29, 1.82) is 0 Å². The summed E-state index contributed by atoms with van der Waals surface area (Å²) in [6.07, 6.45) is 0. The standard InChI is InChI=1S/C8H12N2O3/c1-5(9)7(11)3-4-10-6(2)8(12)13/h5-6,10H,9H2,1-2H3,(H,12,13)/t5-,6-/m1/s1. The van der Waals surface area contributed by atoms with Crippen LogP contribution in [-0.2, 0) is 9.59 Å². The van der Waals surface area contributed by atoms with E-state index in [9.17, 15) is 9.59 Å². The molecule has 0 aliphatic carbocycles. The second-order valence-electron chi connectivity index (χ2n) is 2.61. The van der Waals surface area contributed by atoms with E-state index in [1.54, 1.807) is 0 Å². The molecular weight excluding hydrogens is 172 g/mol. The molecule has 0 bridgehead atoms. The summed E-state index contributed by atoms with van der Waals surface area (Å²) in [5.41, 5.74) is 5.22. The van der Waals surface area contributed by atoms with Crippen molar-refractivity contribution < 1.29 is 14.7 Å². The average molecular weight is 184 g/mol. The molecule has 0 spiro atoms. The minimum atomic E-state index is -1.03. The predicted molar refractivity (Wildman–Crippen MR) is 46.7 cm³/mol. The third kappa shape index (κ3) is 4.82. The summed E-state index contributed by atoms with van der Waals surface area (Å²) in [7, 11) is 0. The molecule has 0 aromatic carbocycles. The fourth-order valence-corrected chi connectivity index (χ4v) is 0.382. The Morgan fingerprint density at radius 1 is 1.46 bits per heavy atom. The third-order valence-corrected chi connectivity index (χ3v) is 1.26. The van der Waals surface area contributed by atoms with Crippen LogP contribution < -0.4 is 11.1 Å². The summed E-state index contributed by atoms with van der Waals surface area (Å²) in [5.74, 6) is 0.728. The first-order valence-corrected chi connectivity index (χ1v) is 3.74. The lowest BCUT2D eigenvalue weighted by molar-refractivity contribution is -0.138. The molecule has 0 saturated heterocycles. The van der Waals surface area contributed by atoms with Crippen LogP contribution in [0.1, 0.15) is 13.8 Å². The molecule has 0 aromatic rings. The largest absolute Gasteiger partial charge is 0.480 e. The molecule has 0 aromatic heterocycles. The predicted octanol–water partition coefficient (Wildman–Crippen LogP) is -1.07. The van der Waals surface area contributed by atoms with Gasteiger partial charge in [-0.3, -0.25) is 4.79 Å². The van der Waals surface area contributed by atoms with E-state index in [0.29, 0.717) is 0 Å². The number of carboxylic acid groups (broad SMARTS) is 1. The van der Waals surface area contributed by atoms with Crippen molar-refractivity contribution in [1.82, 2.24) is 5.32 Å². The Balaban J connectivity index is 4.00. The van der Waals surface area contributed by atoms with Crippen LogP contribution in [0.15, 0.2) is 0 Å². The minimum Gasteiger partial charge on any atom is -0.480 e. The van der Waals surface area contributed by atoms with E-state index in [-0.39, 0.29) is 0 Å². The highest BCUT2D eigenvalue weighted by Gasteiger charge is 2.07. The summed E-state index contributed by atoms with van der Waals surface area (Å²) in [5, 5.41) is 10.7. The highest BCUT2D eigenvalue weighted by Crippen LogP contribution is 1.79. The first kappa shape index (κ1) is 11.5. The van der Waals surface area contributed by atoms with Gasteiger partial charge in [-0.2, -0.15) is 0 Å². The van der Waals surface area contributed by atoms with Crippen molar-refractivity contribution in [3.63, 3.8) is 0 Å². The van der Waals surface area contributed by atoms with Crippen LogP contribution in [0.4, 0.5) is 0 Å². The van der Waals surface area contributed by atoms with Gasteiger partial charge in [0.2, 0.25) is 5.78 Å². The van der Waals surface area contributed by atoms with E-state index in [1.165, 1.54) is 13.8 Å². The molecule has 0 aliphatic heterocycles. The van der Waals surface area contributed by atoms with Gasteiger partial charge in [0.15, 0.2) is 0 Å². The zero-order chi connectivity index (χ0) is 10.4. The zero-order valence-corrected chi connectivity index (χ0v) is 7.50. The average Bonchev–Trinajstić information content (AvgIpc) is 2.03. The van der Waals surface area contributed by atoms with Crippen LogP contribution in [-0.4, -0.2) is 28.9 Å². The maximum Gasteiger partial charge on any atom is 0.326 e. The minimum absolute atomic E-state index is 0.426. The molecule has 0 fully saturated rings. The van der Waals surface area contributed by atoms with Crippen LogP contribution in [0.5, 0.6) is 0 Å². The van der Waals surface area contributed by atoms with Gasteiger partial charge in [0.05, 0.1) is 6.04 Å². The van der Waals surface area contributed by atoms with E-state index < -0.39 is 23.8 Å². The summed E-state index contributed by atoms with van der Waals surface area (Å²) in [4.78, 5) is 21.1. The number of hydrogen-bond donors (Lipinski definition) is 3. The fourth-order valence-electron chi connectivity index (χ4n) is 0.382. The Bertz CT molecular complexity index is 262. The molecule has 72 valence electrons. The fraction of sp³-hybridized carbons (Fsp3) is 0.500. The number of ketones is 1. The van der Waals surface area contributed by atoms with Crippen LogP contribution in [0.25, 0.3) is 0 Å². The zero-order valence-electron chi connectivity index (χ0n) is 7.50. The number of rotatable bonds is 3. The SMILES string of the molecule is C[C@@H](N)C(=O)C#CN[C@H](C)C(=O)O. The second-order valence-corrected chi connectivity index (χ2v) is 2.61. The van der Waals surface area contributed by atoms with E-state index in [0.717, 1.165) is 0 Å². The third-order valence-electron chi connectivity index (χ3n) is 1.26. The smallest absolute Gasteiger partial charge is 0.326 e. The van der Waals surface area contributed by atoms with Gasteiger partial charge < -0.3 is 16.2 Å². The number of carbonyl (C=O) groups excluding carboxylic acids is 1. The monoisotopic (exact) mass is 184 g/mol. The lowest BCUT2D eigenvalue weighted by atomic mass is 10.2. The quantitative estimate of drug-likeness (QED) is 0.383. The molecule has 2 atom stereocenters. The van der Waals surface area contributed by atoms with Gasteiger partial charge in [-0.1, -0.05) is 0 Å². The van der Waals surface area contributed by atoms with E-state index >= 15 is 0 Å². The molecular formula is C8H12N2O3. The Morgan fingerprint density at radius 2 is 2.00 bits per heavy atom. The number of nitrogens with one attached hydrogen (secondary N) is 1. The van der Waals surface area contributed by atoms with Crippen LogP contribution in [0, 0.1) is 12.0 Å². The van der Waals surface area contributed by atoms with Gasteiger partial charge in [0.1, 0.15) is 6.04 Å². The molecule has 13 heavy (non-hydrogen) atoms. The molecule has 0 saturated carbocycles. The summed E-state index contributed by atoms with van der Waals surface area (Å²) in [6.45, 7) is 2.94. The molecule has 5 heteroatoms. The van der Waals surface area contributed by atoms with Crippen LogP contribution in [0.3, 0.4) is 0 Å². The molecule has 4 N–H and O–H groups in total. The van der Waals surface area contributed by atoms with Gasteiger partial charge in [0.25, 0.3) is 0 Å². The van der Waals surface area contributed by atoms with Crippen LogP contribution in [0.2, 0.25) is 0 Å². The van der Waals surface area contributed by atoms with Gasteiger partial charge in [-0.15, -0.1) is 0 Å². The number of hydrogen-bond acceptors (Lipinski definition) is 4. The topological polar surface area (TPSA) is 92.4 Å². The maximum absolute atomic E-state index is 10.8. The highest BCUT2D eigenvalue weighted by atomic mass is 16.4. The van der Waals surface area contributed by atoms with E-state index in [2.05, 4.69) is 17.3 Å². The second kappa shape index (κ2) is 5.17. The number of carboxylic acids is 1. The molecule has 0 aliphatic rings. The number of nitrogens with two attached hydrogens (primary N) is 1. The number of carbonyl (C=O) groups is 2. The Morgan fingerprint density at radius 3 is 2.38 bits per heavy atom. The van der Waals surface area contributed by atoms with Gasteiger partial charge in [-0.05, 0) is 19.8 Å². The van der Waals surface area contributed by atoms with Crippen LogP contribution >= 0.6 is 0 Å². The van der Waals surface area contributed by atoms with Crippen molar-refractivity contribution in [2.75, 3.05) is 0 Å². The maximum atomic E-state index is 10.8. The summed E-state index contributed by atoms with van der Waals surface area (Å²) >= 11 is 0. The normalized spacial score (nSPS) is 13.5. The molecule has 0 rings (SSSR count). The molecule has 0 heterocycles. The van der Waals surface area contributed by atoms with Crippen molar-refractivity contribution in [3.05, 3.63) is 0 Å². The van der Waals surface area contributed by atoms with Gasteiger partial charge in [0, 0.05) is 6.04 Å². The first-order chi connectivity index (χ1) is 5.95. The Labute approximate surface area is 76.3 Å². The van der Waals surface area contributed by atoms with Crippen molar-refractivity contribution >= 4 is 11.8 Å². The molecule has 0 unspecified atom stereocenters. The lowest BCUT2D eigenvalue weighted by Crippen LogP contribution is -2.31. The van der Waals surface area contributed by atoms with E-state index in [1.807, 2.05) is 0 Å². The number of Topliss-reactive ketones (excluding diaryl/α,β-unsaturated/α-hetero) is 1. The molecule has 0 radical (unpaired) electrons. The van der Waals surface area contributed by atoms with Crippen molar-refractivity contribution in [3.8, 4) is 12.0 Å². The summed E-state index contributed by atoms with van der Waals surface area (Å²) in [6, 6.07) is 0.795. The number of aliphatic carboxylic acids is 1. The van der Waals surface area contributed by atoms with Gasteiger partial charge in [-0.25, -0.2) is 4.79 Å². The van der Waals surface area contributed by atoms with E-state index in [4.69, 9.17) is 10.8 Å². The van der Waals surface area contributed by atoms with Gasteiger partial charge >= 0.3 is 5.97 Å². The van der Waals surface area contributed by atoms with Crippen molar-refractivity contribution in [2.45, 2.75) is 25.9 Å². The van der Waals surface area contributed by atoms with Crippen molar-refractivity contribution in [2.24, 2.45) is 5.73 Å². The lowest BCUT2D eigenvalue weighted by Gasteiger charge is -2.01. The Kier molecular flexibility index (Phi) is 4.55. The highest BCUT2D eigenvalue weighted by molar-refractivity contribution is 5.99. The molecule has 0 amide bonds. The molecule has 5 nitrogen and oxygen atoms in total. The first-order valence-electron chi connectivity index (χ1n) is 3.74.